The van der Waals surface area contributed by atoms with Crippen LogP contribution in [0.5, 0.6) is 0 Å². The monoisotopic (exact) mass is 291 g/mol. The normalized spacial score (nSPS) is 22.8. The summed E-state index contributed by atoms with van der Waals surface area (Å²) in [5.74, 6) is -0.156. The molecule has 2 amide bonds. The number of nitrogens with one attached hydrogen (secondary N) is 3. The predicted octanol–water partition coefficient (Wildman–Crippen LogP) is 1.17. The van der Waals surface area contributed by atoms with E-state index in [1.54, 1.807) is 0 Å². The van der Waals surface area contributed by atoms with Gasteiger partial charge in [0.2, 0.25) is 5.91 Å². The Labute approximate surface area is 121 Å². The summed E-state index contributed by atoms with van der Waals surface area (Å²) in [4.78, 5) is 25.2. The molecule has 1 aromatic carbocycles. The molecule has 106 valence electrons. The van der Waals surface area contributed by atoms with E-state index in [1.807, 2.05) is 24.3 Å². The first kappa shape index (κ1) is 13.5. The average Bonchev–Trinajstić information content (AvgIpc) is 2.49. The minimum atomic E-state index is -0.535. The number of rotatable bonds is 2. The lowest BCUT2D eigenvalue weighted by atomic mass is 9.97. The van der Waals surface area contributed by atoms with Crippen molar-refractivity contribution in [2.75, 3.05) is 18.4 Å². The van der Waals surface area contributed by atoms with Gasteiger partial charge in [-0.1, -0.05) is 23.9 Å². The van der Waals surface area contributed by atoms with Crippen LogP contribution in [-0.4, -0.2) is 30.3 Å². The lowest BCUT2D eigenvalue weighted by molar-refractivity contribution is -0.128. The van der Waals surface area contributed by atoms with Gasteiger partial charge in [-0.25, -0.2) is 0 Å². The lowest BCUT2D eigenvalue weighted by Crippen LogP contribution is -2.47. The zero-order chi connectivity index (χ0) is 13.9. The SMILES string of the molecule is O=C(NC1Sc2ccccc2NC1=O)C1CCNCC1. The third-order valence-electron chi connectivity index (χ3n) is 3.61. The molecule has 20 heavy (non-hydrogen) atoms. The van der Waals surface area contributed by atoms with Crippen LogP contribution in [-0.2, 0) is 9.59 Å². The Kier molecular flexibility index (Phi) is 3.93. The van der Waals surface area contributed by atoms with Crippen molar-refractivity contribution in [3.8, 4) is 0 Å². The first-order valence-electron chi connectivity index (χ1n) is 6.82. The minimum absolute atomic E-state index is 0.0152. The molecule has 0 radical (unpaired) electrons. The number of carbonyl (C=O) groups excluding carboxylic acids is 2. The van der Waals surface area contributed by atoms with Crippen molar-refractivity contribution in [1.29, 1.82) is 0 Å². The Bertz CT molecular complexity index is 529. The van der Waals surface area contributed by atoms with E-state index in [4.69, 9.17) is 0 Å². The van der Waals surface area contributed by atoms with Crippen LogP contribution in [0.4, 0.5) is 5.69 Å². The van der Waals surface area contributed by atoms with Crippen LogP contribution in [0, 0.1) is 5.92 Å². The van der Waals surface area contributed by atoms with Gasteiger partial charge in [0.25, 0.3) is 5.91 Å². The van der Waals surface area contributed by atoms with Gasteiger partial charge < -0.3 is 16.0 Å². The van der Waals surface area contributed by atoms with Crippen LogP contribution in [0.15, 0.2) is 29.2 Å². The quantitative estimate of drug-likeness (QED) is 0.765. The largest absolute Gasteiger partial charge is 0.335 e. The van der Waals surface area contributed by atoms with Crippen molar-refractivity contribution < 1.29 is 9.59 Å². The summed E-state index contributed by atoms with van der Waals surface area (Å²) in [7, 11) is 0. The molecule has 0 spiro atoms. The van der Waals surface area contributed by atoms with Crippen LogP contribution < -0.4 is 16.0 Å². The number of piperidine rings is 1. The van der Waals surface area contributed by atoms with Gasteiger partial charge in [-0.3, -0.25) is 9.59 Å². The van der Waals surface area contributed by atoms with Gasteiger partial charge in [0.05, 0.1) is 5.69 Å². The highest BCUT2D eigenvalue weighted by atomic mass is 32.2. The number of thioether (sulfide) groups is 1. The second-order valence-electron chi connectivity index (χ2n) is 5.02. The zero-order valence-corrected chi connectivity index (χ0v) is 11.8. The molecular formula is C14H17N3O2S. The Morgan fingerprint density at radius 1 is 1.25 bits per heavy atom. The van der Waals surface area contributed by atoms with E-state index in [2.05, 4.69) is 16.0 Å². The van der Waals surface area contributed by atoms with Crippen molar-refractivity contribution in [3.05, 3.63) is 24.3 Å². The van der Waals surface area contributed by atoms with Crippen LogP contribution in [0.3, 0.4) is 0 Å². The van der Waals surface area contributed by atoms with E-state index >= 15 is 0 Å². The van der Waals surface area contributed by atoms with Crippen LogP contribution >= 0.6 is 11.8 Å². The number of benzene rings is 1. The van der Waals surface area contributed by atoms with Gasteiger partial charge in [0, 0.05) is 10.8 Å². The number of hydrogen-bond acceptors (Lipinski definition) is 4. The molecule has 2 aliphatic rings. The second kappa shape index (κ2) is 5.85. The maximum absolute atomic E-state index is 12.2. The molecule has 1 atom stereocenters. The summed E-state index contributed by atoms with van der Waals surface area (Å²) in [6.07, 6.45) is 1.67. The molecule has 1 unspecified atom stereocenters. The molecule has 0 aromatic heterocycles. The molecule has 3 rings (SSSR count). The third-order valence-corrected chi connectivity index (χ3v) is 4.79. The van der Waals surface area contributed by atoms with Crippen molar-refractivity contribution in [1.82, 2.24) is 10.6 Å². The molecule has 1 saturated heterocycles. The van der Waals surface area contributed by atoms with Gasteiger partial charge in [-0.05, 0) is 38.1 Å². The van der Waals surface area contributed by atoms with Gasteiger partial charge in [-0.2, -0.15) is 0 Å². The summed E-state index contributed by atoms with van der Waals surface area (Å²) >= 11 is 1.40. The molecule has 1 fully saturated rings. The number of hydrogen-bond donors (Lipinski definition) is 3. The molecule has 0 bridgehead atoms. The molecule has 2 heterocycles. The fourth-order valence-corrected chi connectivity index (χ4v) is 3.48. The molecule has 5 nitrogen and oxygen atoms in total. The Balaban J connectivity index is 1.66. The van der Waals surface area contributed by atoms with Crippen molar-refractivity contribution in [2.45, 2.75) is 23.1 Å². The Morgan fingerprint density at radius 2 is 2.00 bits per heavy atom. The Morgan fingerprint density at radius 3 is 2.80 bits per heavy atom. The highest BCUT2D eigenvalue weighted by Crippen LogP contribution is 2.34. The fraction of sp³-hybridized carbons (Fsp3) is 0.429. The van der Waals surface area contributed by atoms with E-state index in [-0.39, 0.29) is 17.7 Å². The first-order valence-corrected chi connectivity index (χ1v) is 7.69. The molecule has 2 aliphatic heterocycles. The van der Waals surface area contributed by atoms with E-state index in [0.29, 0.717) is 0 Å². The fourth-order valence-electron chi connectivity index (χ4n) is 2.48. The highest BCUT2D eigenvalue weighted by molar-refractivity contribution is 8.01. The molecular weight excluding hydrogens is 274 g/mol. The highest BCUT2D eigenvalue weighted by Gasteiger charge is 2.30. The lowest BCUT2D eigenvalue weighted by Gasteiger charge is -2.27. The summed E-state index contributed by atoms with van der Waals surface area (Å²) < 4.78 is 0. The summed E-state index contributed by atoms with van der Waals surface area (Å²) in [6.45, 7) is 1.73. The van der Waals surface area contributed by atoms with Gasteiger partial charge in [0.15, 0.2) is 5.37 Å². The number of carbonyl (C=O) groups is 2. The van der Waals surface area contributed by atoms with Gasteiger partial charge in [0.1, 0.15) is 0 Å². The topological polar surface area (TPSA) is 70.2 Å². The predicted molar refractivity (Wildman–Crippen MR) is 78.5 cm³/mol. The summed E-state index contributed by atoms with van der Waals surface area (Å²) in [5, 5.41) is 8.39. The summed E-state index contributed by atoms with van der Waals surface area (Å²) in [5.41, 5.74) is 0.815. The van der Waals surface area contributed by atoms with Crippen LogP contribution in [0.2, 0.25) is 0 Å². The number of para-hydroxylation sites is 1. The van der Waals surface area contributed by atoms with E-state index < -0.39 is 5.37 Å². The van der Waals surface area contributed by atoms with E-state index in [0.717, 1.165) is 36.5 Å². The average molecular weight is 291 g/mol. The molecule has 0 saturated carbocycles. The smallest absolute Gasteiger partial charge is 0.257 e. The molecule has 0 aliphatic carbocycles. The second-order valence-corrected chi connectivity index (χ2v) is 6.16. The van der Waals surface area contributed by atoms with Crippen LogP contribution in [0.1, 0.15) is 12.8 Å². The van der Waals surface area contributed by atoms with Gasteiger partial charge >= 0.3 is 0 Å². The van der Waals surface area contributed by atoms with E-state index in [9.17, 15) is 9.59 Å². The van der Waals surface area contributed by atoms with Crippen molar-refractivity contribution in [3.63, 3.8) is 0 Å². The number of amides is 2. The van der Waals surface area contributed by atoms with Crippen LogP contribution in [0.25, 0.3) is 0 Å². The Hall–Kier alpha value is -1.53. The first-order chi connectivity index (χ1) is 9.74. The molecule has 3 N–H and O–H groups in total. The summed E-state index contributed by atoms with van der Waals surface area (Å²) in [6, 6.07) is 7.62. The van der Waals surface area contributed by atoms with Gasteiger partial charge in [-0.15, -0.1) is 0 Å². The third kappa shape index (κ3) is 2.81. The van der Waals surface area contributed by atoms with Crippen molar-refractivity contribution in [2.24, 2.45) is 5.92 Å². The van der Waals surface area contributed by atoms with E-state index in [1.165, 1.54) is 11.8 Å². The standard InChI is InChI=1S/C14H17N3O2S/c18-12(9-5-7-15-8-6-9)17-14-13(19)16-10-3-1-2-4-11(10)20-14/h1-4,9,14-15H,5-8H2,(H,16,19)(H,17,18). The van der Waals surface area contributed by atoms with Crippen molar-refractivity contribution >= 4 is 29.3 Å². The molecule has 1 aromatic rings. The maximum atomic E-state index is 12.2. The molecule has 6 heteroatoms. The number of anilines is 1. The zero-order valence-electron chi connectivity index (χ0n) is 11.0. The maximum Gasteiger partial charge on any atom is 0.257 e. The number of fused-ring (bicyclic) bond motifs is 1. The minimum Gasteiger partial charge on any atom is -0.335 e.